The number of halogens is 1. The van der Waals surface area contributed by atoms with Gasteiger partial charge in [-0.2, -0.15) is 0 Å². The van der Waals surface area contributed by atoms with Crippen LogP contribution < -0.4 is 25.9 Å². The second kappa shape index (κ2) is 16.8. The zero-order valence-electron chi connectivity index (χ0n) is 34.1. The van der Waals surface area contributed by atoms with Crippen LogP contribution in [0.2, 0.25) is 18.6 Å². The molecule has 1 fully saturated rings. The summed E-state index contributed by atoms with van der Waals surface area (Å²) in [6.45, 7) is 7.62. The Labute approximate surface area is 359 Å². The van der Waals surface area contributed by atoms with Gasteiger partial charge in [-0.15, -0.1) is 5.10 Å². The van der Waals surface area contributed by atoms with E-state index in [1.165, 1.54) is 5.19 Å². The van der Waals surface area contributed by atoms with Crippen molar-refractivity contribution in [2.45, 2.75) is 62.7 Å². The normalized spacial score (nSPS) is 20.3. The lowest BCUT2D eigenvalue weighted by Crippen LogP contribution is -2.51. The number of hydrogen-bond donors (Lipinski definition) is 3. The molecule has 0 radical (unpaired) electrons. The lowest BCUT2D eigenvalue weighted by molar-refractivity contribution is -0.146. The lowest BCUT2D eigenvalue weighted by atomic mass is 9.82. The number of aliphatic hydroxyl groups is 1. The summed E-state index contributed by atoms with van der Waals surface area (Å²) in [7, 11) is -0.736. The van der Waals surface area contributed by atoms with Gasteiger partial charge in [0, 0.05) is 45.6 Å². The van der Waals surface area contributed by atoms with E-state index in [9.17, 15) is 9.90 Å². The number of fused-ring (bicyclic) bond motifs is 2. The smallest absolute Gasteiger partial charge is 0.264 e. The number of anilines is 3. The summed E-state index contributed by atoms with van der Waals surface area (Å²) in [5.41, 5.74) is 10.5. The highest BCUT2D eigenvalue weighted by Gasteiger charge is 2.66. The van der Waals surface area contributed by atoms with Gasteiger partial charge in [0.25, 0.3) is 11.8 Å². The third-order valence-electron chi connectivity index (χ3n) is 12.4. The Kier molecular flexibility index (Phi) is 11.5. The van der Waals surface area contributed by atoms with E-state index in [1.54, 1.807) is 31.4 Å². The molecule has 2 aliphatic rings. The minimum Gasteiger partial charge on any atom is -0.497 e. The summed E-state index contributed by atoms with van der Waals surface area (Å²) < 4.78 is 15.6. The maximum Gasteiger partial charge on any atom is 0.264 e. The highest BCUT2D eigenvalue weighted by atomic mass is 79.9. The fourth-order valence-electron chi connectivity index (χ4n) is 9.38. The minimum atomic E-state index is -2.41. The SMILES string of the molecule is COc1ccc([Si](C)(C)[C@H]2[C@H](CCn3cc(C(CO)c4ccccc4)nn3)O[C@@]3(C(=O)N(Cc4cccc(NC(=O)c5ccc(N)cc5)c4)c4ccc(Br)cc43)[C@@H]2C)cc1. The number of nitrogens with two attached hydrogens (primary N) is 1. The van der Waals surface area contributed by atoms with Crippen molar-refractivity contribution in [2.24, 2.45) is 5.92 Å². The highest BCUT2D eigenvalue weighted by molar-refractivity contribution is 9.10. The molecule has 13 heteroatoms. The first kappa shape index (κ1) is 41.1. The van der Waals surface area contributed by atoms with E-state index in [-0.39, 0.29) is 48.4 Å². The molecular weight excluding hydrogens is 837 g/mol. The molecule has 3 heterocycles. The zero-order valence-corrected chi connectivity index (χ0v) is 36.7. The molecule has 2 aliphatic heterocycles. The Morgan fingerprint density at radius 1 is 1.00 bits per heavy atom. The predicted molar refractivity (Wildman–Crippen MR) is 240 cm³/mol. The third kappa shape index (κ3) is 7.66. The molecule has 4 N–H and O–H groups in total. The van der Waals surface area contributed by atoms with Crippen LogP contribution in [0, 0.1) is 5.92 Å². The van der Waals surface area contributed by atoms with Crippen LogP contribution in [-0.4, -0.2) is 59.8 Å². The van der Waals surface area contributed by atoms with E-state index < -0.39 is 13.7 Å². The number of nitrogens with zero attached hydrogens (tertiary/aromatic N) is 4. The molecule has 1 aromatic heterocycles. The molecule has 0 saturated carbocycles. The highest BCUT2D eigenvalue weighted by Crippen LogP contribution is 2.60. The van der Waals surface area contributed by atoms with Crippen LogP contribution in [0.4, 0.5) is 17.1 Å². The van der Waals surface area contributed by atoms with E-state index in [0.29, 0.717) is 35.6 Å². The van der Waals surface area contributed by atoms with E-state index in [0.717, 1.165) is 32.6 Å². The summed E-state index contributed by atoms with van der Waals surface area (Å²) in [5.74, 6) is -0.0641. The first-order chi connectivity index (χ1) is 28.9. The van der Waals surface area contributed by atoms with Crippen molar-refractivity contribution in [3.8, 4) is 5.75 Å². The van der Waals surface area contributed by atoms with Gasteiger partial charge in [-0.3, -0.25) is 14.3 Å². The number of rotatable bonds is 13. The number of aliphatic hydroxyl groups excluding tert-OH is 1. The molecule has 60 heavy (non-hydrogen) atoms. The van der Waals surface area contributed by atoms with Crippen molar-refractivity contribution in [3.63, 3.8) is 0 Å². The first-order valence-electron chi connectivity index (χ1n) is 20.2. The first-order valence-corrected chi connectivity index (χ1v) is 24.1. The van der Waals surface area contributed by atoms with Crippen LogP contribution in [0.25, 0.3) is 0 Å². The van der Waals surface area contributed by atoms with Crippen LogP contribution in [0.1, 0.15) is 52.0 Å². The average molecular weight is 886 g/mol. The van der Waals surface area contributed by atoms with Gasteiger partial charge in [0.2, 0.25) is 0 Å². The van der Waals surface area contributed by atoms with E-state index in [4.69, 9.17) is 15.2 Å². The molecule has 8 rings (SSSR count). The predicted octanol–water partition coefficient (Wildman–Crippen LogP) is 7.86. The second-order valence-corrected chi connectivity index (χ2v) is 21.9. The summed E-state index contributed by atoms with van der Waals surface area (Å²) in [6, 6.07) is 38.5. The van der Waals surface area contributed by atoms with E-state index in [1.807, 2.05) is 101 Å². The number of hydrogen-bond acceptors (Lipinski definition) is 8. The van der Waals surface area contributed by atoms with Crippen molar-refractivity contribution in [1.82, 2.24) is 15.0 Å². The van der Waals surface area contributed by atoms with Gasteiger partial charge in [0.15, 0.2) is 5.60 Å². The van der Waals surface area contributed by atoms with E-state index >= 15 is 4.79 Å². The monoisotopic (exact) mass is 884 g/mol. The molecule has 1 saturated heterocycles. The van der Waals surface area contributed by atoms with Crippen molar-refractivity contribution in [3.05, 3.63) is 160 Å². The average Bonchev–Trinajstić information content (AvgIpc) is 3.91. The third-order valence-corrected chi connectivity index (χ3v) is 17.3. The molecular formula is C47H49BrN6O5Si. The summed E-state index contributed by atoms with van der Waals surface area (Å²) in [6.07, 6.45) is 2.19. The van der Waals surface area contributed by atoms with Gasteiger partial charge >= 0.3 is 0 Å². The Balaban J connectivity index is 1.12. The maximum absolute atomic E-state index is 15.4. The number of benzene rings is 5. The Morgan fingerprint density at radius 2 is 1.75 bits per heavy atom. The number of amides is 2. The Bertz CT molecular complexity index is 2500. The summed E-state index contributed by atoms with van der Waals surface area (Å²) >= 11 is 3.72. The number of carbonyl (C=O) groups excluding carboxylic acids is 2. The number of nitrogen functional groups attached to an aromatic ring is 1. The molecule has 308 valence electrons. The van der Waals surface area contributed by atoms with Crippen LogP contribution in [-0.2, 0) is 28.2 Å². The number of aromatic nitrogens is 3. The van der Waals surface area contributed by atoms with Gasteiger partial charge < -0.3 is 30.5 Å². The van der Waals surface area contributed by atoms with Crippen molar-refractivity contribution >= 4 is 58.1 Å². The molecule has 5 atom stereocenters. The van der Waals surface area contributed by atoms with Gasteiger partial charge in [0.05, 0.1) is 51.7 Å². The number of carbonyl (C=O) groups is 2. The van der Waals surface area contributed by atoms with Crippen molar-refractivity contribution in [2.75, 3.05) is 29.7 Å². The summed E-state index contributed by atoms with van der Waals surface area (Å²) in [4.78, 5) is 30.3. The Morgan fingerprint density at radius 3 is 2.47 bits per heavy atom. The lowest BCUT2D eigenvalue weighted by Gasteiger charge is -2.37. The van der Waals surface area contributed by atoms with Crippen molar-refractivity contribution in [1.29, 1.82) is 0 Å². The fourth-order valence-corrected chi connectivity index (χ4v) is 13.8. The summed E-state index contributed by atoms with van der Waals surface area (Å²) in [5, 5.41) is 23.6. The van der Waals surface area contributed by atoms with Gasteiger partial charge in [-0.05, 0) is 89.8 Å². The van der Waals surface area contributed by atoms with Crippen LogP contribution in [0.15, 0.2) is 132 Å². The number of aryl methyl sites for hydroxylation is 1. The molecule has 5 aromatic carbocycles. The topological polar surface area (TPSA) is 145 Å². The van der Waals surface area contributed by atoms with Crippen LogP contribution >= 0.6 is 15.9 Å². The number of nitrogens with one attached hydrogen (secondary N) is 1. The largest absolute Gasteiger partial charge is 0.497 e. The van der Waals surface area contributed by atoms with E-state index in [2.05, 4.69) is 63.7 Å². The molecule has 6 aromatic rings. The quantitative estimate of drug-likeness (QED) is 0.0786. The molecule has 1 spiro atoms. The standard InChI is InChI=1S/C47H49BrN6O5Si/c1-30-44(60(3,4)38-20-18-37(58-2)19-21-38)43(23-24-53-28-41(51-52-53)39(29-55)32-10-6-5-7-11-32)59-47(30)40-26-34(48)15-22-42(40)54(46(47)57)27-31-9-8-12-36(25-31)50-45(56)33-13-16-35(49)17-14-33/h5-22,25-26,28,30,39,43-44,55H,23-24,27,29,49H2,1-4H3,(H,50,56)/t30-,39?,43+,44-,47+/m1/s1. The van der Waals surface area contributed by atoms with Gasteiger partial charge in [-0.25, -0.2) is 0 Å². The van der Waals surface area contributed by atoms with Crippen LogP contribution in [0.3, 0.4) is 0 Å². The Hall–Kier alpha value is -5.60. The minimum absolute atomic E-state index is 0.0194. The number of methoxy groups -OCH3 is 1. The molecule has 1 unspecified atom stereocenters. The van der Waals surface area contributed by atoms with Crippen LogP contribution in [0.5, 0.6) is 5.75 Å². The number of ether oxygens (including phenoxy) is 2. The fraction of sp³-hybridized carbons (Fsp3) is 0.277. The molecule has 11 nitrogen and oxygen atoms in total. The zero-order chi connectivity index (χ0) is 42.2. The molecule has 2 amide bonds. The van der Waals surface area contributed by atoms with Crippen molar-refractivity contribution < 1.29 is 24.2 Å². The molecule has 0 aliphatic carbocycles. The second-order valence-electron chi connectivity index (χ2n) is 16.3. The van der Waals surface area contributed by atoms with Gasteiger partial charge in [-0.1, -0.05) is 101 Å². The molecule has 0 bridgehead atoms. The van der Waals surface area contributed by atoms with Gasteiger partial charge in [0.1, 0.15) is 5.75 Å². The maximum atomic E-state index is 15.4.